The van der Waals surface area contributed by atoms with Gasteiger partial charge in [-0.2, -0.15) is 0 Å². The lowest BCUT2D eigenvalue weighted by Gasteiger charge is -2.19. The molecule has 3 rings (SSSR count). The van der Waals surface area contributed by atoms with Crippen LogP contribution in [0.1, 0.15) is 16.7 Å². The number of para-hydroxylation sites is 1. The summed E-state index contributed by atoms with van der Waals surface area (Å²) >= 11 is 0. The van der Waals surface area contributed by atoms with E-state index in [1.165, 1.54) is 4.31 Å². The first-order valence-corrected chi connectivity index (χ1v) is 7.60. The Balaban J connectivity index is 2.34. The van der Waals surface area contributed by atoms with Gasteiger partial charge in [-0.05, 0) is 35.7 Å². The molecule has 0 aliphatic carbocycles. The number of rotatable bonds is 0. The van der Waals surface area contributed by atoms with Crippen LogP contribution in [0.25, 0.3) is 0 Å². The lowest BCUT2D eigenvalue weighted by atomic mass is 10.0. The minimum absolute atomic E-state index is 0.422. The fraction of sp³-hybridized carbons (Fsp3) is 0.200. The summed E-state index contributed by atoms with van der Waals surface area (Å²) < 4.78 is 26.7. The fourth-order valence-electron chi connectivity index (χ4n) is 2.50. The van der Waals surface area contributed by atoms with Gasteiger partial charge in [0.05, 0.1) is 10.6 Å². The Labute approximate surface area is 113 Å². The van der Waals surface area contributed by atoms with E-state index in [1.54, 1.807) is 13.1 Å². The quantitative estimate of drug-likeness (QED) is 0.740. The molecule has 2 aromatic carbocycles. The van der Waals surface area contributed by atoms with Gasteiger partial charge < -0.3 is 0 Å². The number of hydrogen-bond acceptors (Lipinski definition) is 2. The molecule has 98 valence electrons. The molecule has 0 amide bonds. The van der Waals surface area contributed by atoms with Crippen LogP contribution in [0, 0.1) is 6.92 Å². The summed E-state index contributed by atoms with van der Waals surface area (Å²) in [7, 11) is -1.84. The zero-order valence-electron chi connectivity index (χ0n) is 10.9. The highest BCUT2D eigenvalue weighted by Crippen LogP contribution is 2.34. The smallest absolute Gasteiger partial charge is 0.264 e. The lowest BCUT2D eigenvalue weighted by molar-refractivity contribution is 0.594. The number of nitrogens with zero attached hydrogens (tertiary/aromatic N) is 1. The zero-order chi connectivity index (χ0) is 13.6. The first-order valence-electron chi connectivity index (χ1n) is 6.16. The van der Waals surface area contributed by atoms with Gasteiger partial charge in [-0.25, -0.2) is 8.42 Å². The topological polar surface area (TPSA) is 37.4 Å². The molecule has 2 aromatic rings. The van der Waals surface area contributed by atoms with Crippen molar-refractivity contribution in [3.63, 3.8) is 0 Å². The first-order chi connectivity index (χ1) is 9.00. The third kappa shape index (κ3) is 1.83. The van der Waals surface area contributed by atoms with Gasteiger partial charge >= 0.3 is 0 Å². The third-order valence-electron chi connectivity index (χ3n) is 3.57. The second-order valence-electron chi connectivity index (χ2n) is 4.89. The zero-order valence-corrected chi connectivity index (χ0v) is 11.7. The Morgan fingerprint density at radius 2 is 1.79 bits per heavy atom. The van der Waals surface area contributed by atoms with Crippen molar-refractivity contribution >= 4 is 15.7 Å². The predicted octanol–water partition coefficient (Wildman–Crippen LogP) is 2.72. The van der Waals surface area contributed by atoms with E-state index in [1.807, 2.05) is 43.3 Å². The van der Waals surface area contributed by atoms with E-state index >= 15 is 0 Å². The average Bonchev–Trinajstić information content (AvgIpc) is 2.47. The Morgan fingerprint density at radius 1 is 1.05 bits per heavy atom. The van der Waals surface area contributed by atoms with Crippen molar-refractivity contribution in [2.45, 2.75) is 18.2 Å². The van der Waals surface area contributed by atoms with Gasteiger partial charge in [0.1, 0.15) is 0 Å². The minimum Gasteiger partial charge on any atom is -0.269 e. The van der Waals surface area contributed by atoms with Gasteiger partial charge in [-0.3, -0.25) is 4.31 Å². The normalized spacial score (nSPS) is 16.4. The molecule has 0 aromatic heterocycles. The van der Waals surface area contributed by atoms with E-state index in [0.717, 1.165) is 22.4 Å². The van der Waals surface area contributed by atoms with Crippen molar-refractivity contribution < 1.29 is 8.42 Å². The van der Waals surface area contributed by atoms with Crippen LogP contribution in [0.5, 0.6) is 0 Å². The Bertz CT molecular complexity index is 750. The average molecular weight is 273 g/mol. The molecule has 0 saturated heterocycles. The van der Waals surface area contributed by atoms with Gasteiger partial charge in [0.15, 0.2) is 0 Å². The minimum atomic E-state index is -3.46. The van der Waals surface area contributed by atoms with Crippen LogP contribution in [-0.2, 0) is 16.4 Å². The Morgan fingerprint density at radius 3 is 2.58 bits per heavy atom. The molecule has 0 fully saturated rings. The molecule has 0 radical (unpaired) electrons. The maximum Gasteiger partial charge on any atom is 0.264 e. The highest BCUT2D eigenvalue weighted by molar-refractivity contribution is 7.92. The van der Waals surface area contributed by atoms with Gasteiger partial charge in [-0.15, -0.1) is 0 Å². The molecule has 1 aliphatic heterocycles. The summed E-state index contributed by atoms with van der Waals surface area (Å²) in [4.78, 5) is 0.422. The monoisotopic (exact) mass is 273 g/mol. The molecule has 0 bridgehead atoms. The molecule has 4 heteroatoms. The summed E-state index contributed by atoms with van der Waals surface area (Å²) in [5.41, 5.74) is 3.62. The van der Waals surface area contributed by atoms with E-state index in [2.05, 4.69) is 0 Å². The maximum absolute atomic E-state index is 12.7. The van der Waals surface area contributed by atoms with Crippen molar-refractivity contribution in [2.24, 2.45) is 0 Å². The number of aryl methyl sites for hydroxylation is 1. The van der Waals surface area contributed by atoms with Crippen LogP contribution in [-0.4, -0.2) is 15.5 Å². The van der Waals surface area contributed by atoms with Gasteiger partial charge in [-0.1, -0.05) is 30.3 Å². The highest BCUT2D eigenvalue weighted by Gasteiger charge is 2.29. The van der Waals surface area contributed by atoms with E-state index in [0.29, 0.717) is 11.3 Å². The molecule has 0 atom stereocenters. The SMILES string of the molecule is Cc1ccc2c(c1)S(=O)(=O)N(C)c1ccccc1C2. The summed E-state index contributed by atoms with van der Waals surface area (Å²) in [6.45, 7) is 1.91. The summed E-state index contributed by atoms with van der Waals surface area (Å²) in [6, 6.07) is 13.3. The largest absolute Gasteiger partial charge is 0.269 e. The molecule has 0 unspecified atom stereocenters. The van der Waals surface area contributed by atoms with E-state index in [4.69, 9.17) is 0 Å². The molecule has 19 heavy (non-hydrogen) atoms. The predicted molar refractivity (Wildman–Crippen MR) is 76.0 cm³/mol. The van der Waals surface area contributed by atoms with E-state index in [9.17, 15) is 8.42 Å². The summed E-state index contributed by atoms with van der Waals surface area (Å²) in [5, 5.41) is 0. The summed E-state index contributed by atoms with van der Waals surface area (Å²) in [6.07, 6.45) is 0.648. The second kappa shape index (κ2) is 4.10. The fourth-order valence-corrected chi connectivity index (χ4v) is 4.04. The first kappa shape index (κ1) is 12.2. The van der Waals surface area contributed by atoms with Crippen LogP contribution >= 0.6 is 0 Å². The standard InChI is InChI=1S/C15H15NO2S/c1-11-7-8-13-10-12-5-3-4-6-14(12)16(2)19(17,18)15(13)9-11/h3-9H,10H2,1-2H3. The molecule has 3 nitrogen and oxygen atoms in total. The molecule has 0 spiro atoms. The maximum atomic E-state index is 12.7. The van der Waals surface area contributed by atoms with Crippen molar-refractivity contribution in [1.29, 1.82) is 0 Å². The number of sulfonamides is 1. The van der Waals surface area contributed by atoms with Crippen molar-refractivity contribution in [3.8, 4) is 0 Å². The molecule has 0 saturated carbocycles. The van der Waals surface area contributed by atoms with Crippen molar-refractivity contribution in [2.75, 3.05) is 11.4 Å². The van der Waals surface area contributed by atoms with Gasteiger partial charge in [0, 0.05) is 13.5 Å². The Hall–Kier alpha value is -1.81. The van der Waals surface area contributed by atoms with Crippen LogP contribution in [0.15, 0.2) is 47.4 Å². The van der Waals surface area contributed by atoms with E-state index in [-0.39, 0.29) is 0 Å². The Kier molecular flexibility index (Phi) is 2.64. The van der Waals surface area contributed by atoms with Crippen LogP contribution in [0.3, 0.4) is 0 Å². The van der Waals surface area contributed by atoms with Crippen LogP contribution in [0.2, 0.25) is 0 Å². The van der Waals surface area contributed by atoms with Gasteiger partial charge in [0.25, 0.3) is 10.0 Å². The summed E-state index contributed by atoms with van der Waals surface area (Å²) in [5.74, 6) is 0. The molecule has 0 N–H and O–H groups in total. The third-order valence-corrected chi connectivity index (χ3v) is 5.43. The van der Waals surface area contributed by atoms with Crippen molar-refractivity contribution in [3.05, 3.63) is 59.2 Å². The van der Waals surface area contributed by atoms with Crippen molar-refractivity contribution in [1.82, 2.24) is 0 Å². The van der Waals surface area contributed by atoms with E-state index < -0.39 is 10.0 Å². The highest BCUT2D eigenvalue weighted by atomic mass is 32.2. The lowest BCUT2D eigenvalue weighted by Crippen LogP contribution is -2.26. The molecular weight excluding hydrogens is 258 g/mol. The number of hydrogen-bond donors (Lipinski definition) is 0. The number of anilines is 1. The molecule has 1 aliphatic rings. The van der Waals surface area contributed by atoms with Gasteiger partial charge in [0.2, 0.25) is 0 Å². The van der Waals surface area contributed by atoms with Crippen LogP contribution < -0.4 is 4.31 Å². The second-order valence-corrected chi connectivity index (χ2v) is 6.83. The van der Waals surface area contributed by atoms with Crippen LogP contribution in [0.4, 0.5) is 5.69 Å². The molecule has 1 heterocycles. The number of benzene rings is 2. The number of fused-ring (bicyclic) bond motifs is 2. The molecular formula is C15H15NO2S.